The van der Waals surface area contributed by atoms with Crippen LogP contribution in [-0.4, -0.2) is 88.9 Å². The van der Waals surface area contributed by atoms with Gasteiger partial charge in [0.2, 0.25) is 10.9 Å². The maximum absolute atomic E-state index is 12.5. The first-order chi connectivity index (χ1) is 12.1. The molecule has 2 saturated heterocycles. The van der Waals surface area contributed by atoms with Gasteiger partial charge in [0.1, 0.15) is 6.04 Å². The summed E-state index contributed by atoms with van der Waals surface area (Å²) in [7, 11) is -0.782. The Morgan fingerprint density at radius 3 is 2.62 bits per heavy atom. The highest BCUT2D eigenvalue weighted by atomic mass is 32.2. The summed E-state index contributed by atoms with van der Waals surface area (Å²) in [6.07, 6.45) is 0.824. The number of rotatable bonds is 7. The zero-order chi connectivity index (χ0) is 19.1. The van der Waals surface area contributed by atoms with Crippen LogP contribution in [0.25, 0.3) is 0 Å². The van der Waals surface area contributed by atoms with Gasteiger partial charge in [-0.2, -0.15) is 8.42 Å². The van der Waals surface area contributed by atoms with Gasteiger partial charge >= 0.3 is 10.3 Å². The number of thioether (sulfide) groups is 1. The van der Waals surface area contributed by atoms with Gasteiger partial charge in [-0.05, 0) is 31.0 Å². The lowest BCUT2D eigenvalue weighted by Gasteiger charge is -2.42. The summed E-state index contributed by atoms with van der Waals surface area (Å²) < 4.78 is 32.0. The van der Waals surface area contributed by atoms with E-state index in [4.69, 9.17) is 4.55 Å². The molecule has 2 fully saturated rings. The molecule has 0 radical (unpaired) electrons. The number of hydrogen-bond acceptors (Lipinski definition) is 10. The minimum absolute atomic E-state index is 0.00778. The second-order valence-electron chi connectivity index (χ2n) is 6.46. The lowest BCUT2D eigenvalue weighted by atomic mass is 10.0. The molecular weight excluding hydrogens is 386 g/mol. The Morgan fingerprint density at radius 1 is 1.38 bits per heavy atom. The molecule has 0 aromatic heterocycles. The Morgan fingerprint density at radius 2 is 2.04 bits per heavy atom. The summed E-state index contributed by atoms with van der Waals surface area (Å²) >= 11 is 1.17. The molecule has 3 heterocycles. The van der Waals surface area contributed by atoms with Crippen LogP contribution in [0.3, 0.4) is 0 Å². The normalized spacial score (nSPS) is 26.5. The Kier molecular flexibility index (Phi) is 5.02. The minimum Gasteiger partial charge on any atom is -0.328 e. The average molecular weight is 405 g/mol. The summed E-state index contributed by atoms with van der Waals surface area (Å²) in [5, 5.41) is 15.1. The summed E-state index contributed by atoms with van der Waals surface area (Å²) in [6.45, 7) is 0.926. The Hall–Kier alpha value is -1.64. The first kappa shape index (κ1) is 19.1. The number of β-lactam (4-membered cyclic amide) rings is 1. The van der Waals surface area contributed by atoms with Crippen LogP contribution >= 0.6 is 11.8 Å². The highest BCUT2D eigenvalue weighted by Gasteiger charge is 2.59. The maximum Gasteiger partial charge on any atom is 0.362 e. The quantitative estimate of drug-likeness (QED) is 0.454. The number of amides is 2. The summed E-state index contributed by atoms with van der Waals surface area (Å²) in [6, 6.07) is -1.53. The monoisotopic (exact) mass is 405 g/mol. The topological polar surface area (TPSA) is 148 Å². The molecule has 3 rings (SSSR count). The van der Waals surface area contributed by atoms with E-state index < -0.39 is 33.3 Å². The van der Waals surface area contributed by atoms with E-state index in [1.54, 1.807) is 0 Å². The van der Waals surface area contributed by atoms with Crippen LogP contribution < -0.4 is 0 Å². The van der Waals surface area contributed by atoms with Gasteiger partial charge in [-0.1, -0.05) is 11.8 Å². The van der Waals surface area contributed by atoms with Crippen molar-refractivity contribution in [2.24, 2.45) is 20.7 Å². The van der Waals surface area contributed by atoms with Crippen molar-refractivity contribution in [3.8, 4) is 0 Å². The molecule has 144 valence electrons. The van der Waals surface area contributed by atoms with Gasteiger partial charge in [0.15, 0.2) is 0 Å². The number of carbonyl (C=O) groups is 2. The first-order valence-corrected chi connectivity index (χ1v) is 10.3. The molecule has 0 aromatic rings. The molecular formula is C12H19N7O5S2. The third-order valence-electron chi connectivity index (χ3n) is 4.46. The molecule has 12 nitrogen and oxygen atoms in total. The molecule has 0 unspecified atom stereocenters. The van der Waals surface area contributed by atoms with E-state index in [2.05, 4.69) is 20.7 Å². The van der Waals surface area contributed by atoms with E-state index >= 15 is 0 Å². The lowest BCUT2D eigenvalue weighted by molar-refractivity contribution is -0.150. The van der Waals surface area contributed by atoms with Gasteiger partial charge in [0.25, 0.3) is 5.91 Å². The molecule has 14 heteroatoms. The number of hydrogen-bond donors (Lipinski definition) is 1. The highest BCUT2D eigenvalue weighted by Crippen LogP contribution is 2.39. The van der Waals surface area contributed by atoms with Gasteiger partial charge in [0.05, 0.1) is 11.8 Å². The summed E-state index contributed by atoms with van der Waals surface area (Å²) in [5.74, 6) is -1.09. The molecule has 1 N–H and O–H groups in total. The van der Waals surface area contributed by atoms with Crippen molar-refractivity contribution < 1.29 is 22.6 Å². The van der Waals surface area contributed by atoms with Crippen LogP contribution in [0.1, 0.15) is 12.8 Å². The average Bonchev–Trinajstić information content (AvgIpc) is 3.14. The SMILES string of the molecule is CN(C)CCC1(SCC(=O)N2CC[C@@H]3[C@H]2C(=O)N3S(=O)(=O)O)N=NN=N1. The van der Waals surface area contributed by atoms with Gasteiger partial charge in [-0.25, -0.2) is 4.31 Å². The first-order valence-electron chi connectivity index (χ1n) is 7.87. The van der Waals surface area contributed by atoms with Crippen LogP contribution in [0.5, 0.6) is 0 Å². The third-order valence-corrected chi connectivity index (χ3v) is 6.63. The zero-order valence-electron chi connectivity index (χ0n) is 14.2. The second kappa shape index (κ2) is 6.83. The third kappa shape index (κ3) is 3.45. The van der Waals surface area contributed by atoms with Crippen molar-refractivity contribution in [3.05, 3.63) is 0 Å². The van der Waals surface area contributed by atoms with Crippen molar-refractivity contribution >= 4 is 33.9 Å². The number of carbonyl (C=O) groups excluding carboxylic acids is 2. The van der Waals surface area contributed by atoms with Crippen molar-refractivity contribution in [2.75, 3.05) is 32.9 Å². The molecule has 0 aromatic carbocycles. The Bertz CT molecular complexity index is 756. The van der Waals surface area contributed by atoms with Crippen molar-refractivity contribution in [2.45, 2.75) is 29.9 Å². The van der Waals surface area contributed by atoms with Crippen molar-refractivity contribution in [1.82, 2.24) is 14.1 Å². The molecule has 0 bridgehead atoms. The van der Waals surface area contributed by atoms with Crippen LogP contribution in [0, 0.1) is 0 Å². The standard InChI is InChI=1S/C12H19N7O5S2/c1-17(2)6-4-12(13-15-16-14-12)25-7-9(20)18-5-3-8-10(18)11(21)19(8)26(22,23)24/h8,10H,3-7H2,1-2H3,(H,22,23,24)/t8-,10+/m1/s1. The minimum atomic E-state index is -4.59. The number of nitrogens with zero attached hydrogens (tertiary/aromatic N) is 7. The second-order valence-corrected chi connectivity index (χ2v) is 8.98. The Balaban J connectivity index is 1.60. The fraction of sp³-hybridized carbons (Fsp3) is 0.833. The maximum atomic E-state index is 12.5. The van der Waals surface area contributed by atoms with Gasteiger partial charge in [0, 0.05) is 19.5 Å². The fourth-order valence-electron chi connectivity index (χ4n) is 3.15. The molecule has 26 heavy (non-hydrogen) atoms. The van der Waals surface area contributed by atoms with Crippen molar-refractivity contribution in [1.29, 1.82) is 0 Å². The largest absolute Gasteiger partial charge is 0.362 e. The number of likely N-dealkylation sites (tertiary alicyclic amines) is 1. The van der Waals surface area contributed by atoms with Gasteiger partial charge < -0.3 is 9.80 Å². The fourth-order valence-corrected chi connectivity index (χ4v) is 5.00. The van der Waals surface area contributed by atoms with E-state index in [-0.39, 0.29) is 18.2 Å². The van der Waals surface area contributed by atoms with Crippen LogP contribution in [0.2, 0.25) is 0 Å². The zero-order valence-corrected chi connectivity index (χ0v) is 15.9. The summed E-state index contributed by atoms with van der Waals surface area (Å²) in [5.41, 5.74) is 0. The molecule has 2 amide bonds. The van der Waals surface area contributed by atoms with E-state index in [0.29, 0.717) is 23.7 Å². The van der Waals surface area contributed by atoms with Crippen LogP contribution in [0.15, 0.2) is 20.7 Å². The highest BCUT2D eigenvalue weighted by molar-refractivity contribution is 8.01. The van der Waals surface area contributed by atoms with Crippen LogP contribution in [-0.2, 0) is 19.9 Å². The number of fused-ring (bicyclic) bond motifs is 1. The van der Waals surface area contributed by atoms with Crippen molar-refractivity contribution in [3.63, 3.8) is 0 Å². The predicted octanol–water partition coefficient (Wildman–Crippen LogP) is -0.227. The van der Waals surface area contributed by atoms with Gasteiger partial charge in [-0.15, -0.1) is 10.2 Å². The molecule has 3 aliphatic rings. The van der Waals surface area contributed by atoms with E-state index in [9.17, 15) is 18.0 Å². The van der Waals surface area contributed by atoms with Crippen LogP contribution in [0.4, 0.5) is 0 Å². The lowest BCUT2D eigenvalue weighted by Crippen LogP contribution is -2.68. The van der Waals surface area contributed by atoms with E-state index in [0.717, 1.165) is 0 Å². The molecule has 0 spiro atoms. The van der Waals surface area contributed by atoms with E-state index in [1.165, 1.54) is 16.7 Å². The molecule has 2 atom stereocenters. The molecule has 3 aliphatic heterocycles. The smallest absolute Gasteiger partial charge is 0.328 e. The molecule has 0 saturated carbocycles. The molecule has 0 aliphatic carbocycles. The predicted molar refractivity (Wildman–Crippen MR) is 90.4 cm³/mol. The van der Waals surface area contributed by atoms with Gasteiger partial charge in [-0.3, -0.25) is 14.1 Å². The Labute approximate surface area is 154 Å². The van der Waals surface area contributed by atoms with E-state index in [1.807, 2.05) is 19.0 Å². The summed E-state index contributed by atoms with van der Waals surface area (Å²) in [4.78, 5) is 26.9.